The molecular weight excluding hydrogens is 344 g/mol. The summed E-state index contributed by atoms with van der Waals surface area (Å²) in [4.78, 5) is 2.24. The van der Waals surface area contributed by atoms with Crippen molar-refractivity contribution in [2.45, 2.75) is 79.5 Å². The van der Waals surface area contributed by atoms with Crippen LogP contribution in [-0.2, 0) is 0 Å². The number of piperidine rings is 1. The van der Waals surface area contributed by atoms with Gasteiger partial charge in [-0.25, -0.2) is 0 Å². The zero-order valence-corrected chi connectivity index (χ0v) is 19.1. The number of rotatable bonds is 11. The van der Waals surface area contributed by atoms with E-state index >= 15 is 0 Å². The van der Waals surface area contributed by atoms with Crippen molar-refractivity contribution in [1.29, 1.82) is 0 Å². The average molecular weight is 389 g/mol. The van der Waals surface area contributed by atoms with Crippen LogP contribution in [0.3, 0.4) is 0 Å². The fraction of sp³-hybridized carbons (Fsp3) is 0.680. The molecule has 1 aliphatic rings. The summed E-state index contributed by atoms with van der Waals surface area (Å²) in [5.41, 5.74) is 2.40. The first-order valence-corrected chi connectivity index (χ1v) is 11.2. The minimum absolute atomic E-state index is 0.388. The van der Waals surface area contributed by atoms with Crippen molar-refractivity contribution in [3.8, 4) is 0 Å². The van der Waals surface area contributed by atoms with Crippen molar-refractivity contribution in [2.24, 2.45) is 11.8 Å². The Bertz CT molecular complexity index is 539. The lowest BCUT2D eigenvalue weighted by Crippen LogP contribution is -2.43. The third kappa shape index (κ3) is 8.89. The summed E-state index contributed by atoms with van der Waals surface area (Å²) in [6, 6.07) is 0.388. The molecule has 3 heteroatoms. The summed E-state index contributed by atoms with van der Waals surface area (Å²) in [5, 5.41) is 14.6. The Morgan fingerprint density at radius 1 is 1.21 bits per heavy atom. The van der Waals surface area contributed by atoms with E-state index in [1.165, 1.54) is 5.57 Å². The van der Waals surface area contributed by atoms with Gasteiger partial charge in [-0.3, -0.25) is 4.90 Å². The minimum atomic E-state index is -0.495. The van der Waals surface area contributed by atoms with Gasteiger partial charge >= 0.3 is 0 Å². The molecule has 1 rings (SSSR count). The quantitative estimate of drug-likeness (QED) is 0.365. The first-order chi connectivity index (χ1) is 13.4. The number of hydrogen-bond donors (Lipinski definition) is 2. The van der Waals surface area contributed by atoms with Crippen LogP contribution in [0.15, 0.2) is 47.6 Å². The van der Waals surface area contributed by atoms with E-state index in [0.29, 0.717) is 12.0 Å². The van der Waals surface area contributed by atoms with Crippen LogP contribution in [0, 0.1) is 11.8 Å². The summed E-state index contributed by atoms with van der Waals surface area (Å²) in [6.45, 7) is 15.9. The minimum Gasteiger partial charge on any atom is -0.374 e. The molecule has 0 bridgehead atoms. The molecule has 160 valence electrons. The van der Waals surface area contributed by atoms with Gasteiger partial charge in [-0.2, -0.15) is 0 Å². The van der Waals surface area contributed by atoms with Crippen LogP contribution in [0.2, 0.25) is 0 Å². The Morgan fingerprint density at radius 3 is 2.46 bits per heavy atom. The normalized spacial score (nSPS) is 21.5. The van der Waals surface area contributed by atoms with E-state index in [9.17, 15) is 5.11 Å². The van der Waals surface area contributed by atoms with E-state index in [0.717, 1.165) is 56.8 Å². The molecule has 0 saturated carbocycles. The maximum absolute atomic E-state index is 11.0. The van der Waals surface area contributed by atoms with Crippen LogP contribution in [-0.4, -0.2) is 41.9 Å². The molecule has 3 nitrogen and oxygen atoms in total. The van der Waals surface area contributed by atoms with E-state index in [2.05, 4.69) is 88.2 Å². The number of nitrogens with zero attached hydrogens (tertiary/aromatic N) is 1. The van der Waals surface area contributed by atoms with Gasteiger partial charge in [0.15, 0.2) is 0 Å². The predicted octanol–water partition coefficient (Wildman–Crippen LogP) is 5.46. The number of allylic oxidation sites excluding steroid dienone is 4. The van der Waals surface area contributed by atoms with Crippen molar-refractivity contribution in [2.75, 3.05) is 19.6 Å². The molecule has 3 atom stereocenters. The predicted molar refractivity (Wildman–Crippen MR) is 123 cm³/mol. The first-order valence-electron chi connectivity index (χ1n) is 11.2. The van der Waals surface area contributed by atoms with E-state index in [1.54, 1.807) is 0 Å². The van der Waals surface area contributed by atoms with Gasteiger partial charge in [-0.15, -0.1) is 0 Å². The van der Waals surface area contributed by atoms with E-state index < -0.39 is 6.23 Å². The number of aliphatic hydroxyl groups is 1. The summed E-state index contributed by atoms with van der Waals surface area (Å²) < 4.78 is 0. The van der Waals surface area contributed by atoms with Gasteiger partial charge in [0.2, 0.25) is 0 Å². The van der Waals surface area contributed by atoms with Crippen LogP contribution in [0.4, 0.5) is 0 Å². The van der Waals surface area contributed by atoms with Crippen molar-refractivity contribution in [1.82, 2.24) is 10.2 Å². The topological polar surface area (TPSA) is 35.5 Å². The molecule has 0 aliphatic carbocycles. The van der Waals surface area contributed by atoms with Gasteiger partial charge in [0.25, 0.3) is 0 Å². The fourth-order valence-electron chi connectivity index (χ4n) is 3.71. The highest BCUT2D eigenvalue weighted by Gasteiger charge is 2.27. The Morgan fingerprint density at radius 2 is 1.89 bits per heavy atom. The van der Waals surface area contributed by atoms with E-state index in [1.807, 2.05) is 0 Å². The van der Waals surface area contributed by atoms with Crippen molar-refractivity contribution < 1.29 is 5.11 Å². The second-order valence-corrected chi connectivity index (χ2v) is 8.30. The molecule has 0 aromatic carbocycles. The van der Waals surface area contributed by atoms with Crippen molar-refractivity contribution >= 4 is 0 Å². The second kappa shape index (κ2) is 13.9. The molecule has 0 radical (unpaired) electrons. The highest BCUT2D eigenvalue weighted by atomic mass is 16.3. The molecule has 1 saturated heterocycles. The lowest BCUT2D eigenvalue weighted by molar-refractivity contribution is 0.00721. The first kappa shape index (κ1) is 24.9. The Kier molecular flexibility index (Phi) is 12.4. The van der Waals surface area contributed by atoms with Gasteiger partial charge in [-0.1, -0.05) is 55.9 Å². The zero-order valence-electron chi connectivity index (χ0n) is 19.1. The Labute approximate surface area is 174 Å². The molecule has 2 N–H and O–H groups in total. The van der Waals surface area contributed by atoms with Crippen LogP contribution in [0.25, 0.3) is 0 Å². The number of nitrogens with one attached hydrogen (secondary N) is 1. The van der Waals surface area contributed by atoms with Gasteiger partial charge in [0, 0.05) is 25.7 Å². The highest BCUT2D eigenvalue weighted by molar-refractivity contribution is 5.23. The molecule has 0 aromatic rings. The van der Waals surface area contributed by atoms with Gasteiger partial charge in [0.05, 0.1) is 0 Å². The Balaban J connectivity index is 2.67. The van der Waals surface area contributed by atoms with Gasteiger partial charge in [0.1, 0.15) is 6.23 Å². The van der Waals surface area contributed by atoms with Crippen LogP contribution in [0.5, 0.6) is 0 Å². The summed E-state index contributed by atoms with van der Waals surface area (Å²) >= 11 is 0. The third-order valence-electron chi connectivity index (χ3n) is 5.93. The smallest absolute Gasteiger partial charge is 0.133 e. The van der Waals surface area contributed by atoms with Gasteiger partial charge in [-0.05, 0) is 70.8 Å². The number of hydrogen-bond acceptors (Lipinski definition) is 3. The second-order valence-electron chi connectivity index (χ2n) is 8.30. The maximum Gasteiger partial charge on any atom is 0.133 e. The monoisotopic (exact) mass is 388 g/mol. The van der Waals surface area contributed by atoms with E-state index in [4.69, 9.17) is 0 Å². The standard InChI is InChI=1S/C25H44N2O/c1-7-10-12-24(14-13-22(6)26-19-20(4)9-3)25(28)27-17-15-23(16-18-27)21(5)11-8-2/h8-12,14,21-23,25-26,28H,7,13,15-19H2,1-6H3/b11-8-,12-10-,20-9-,24-14+. The molecule has 1 aliphatic heterocycles. The zero-order chi connectivity index (χ0) is 20.9. The molecule has 28 heavy (non-hydrogen) atoms. The van der Waals surface area contributed by atoms with Crippen molar-refractivity contribution in [3.05, 3.63) is 47.6 Å². The van der Waals surface area contributed by atoms with Crippen LogP contribution in [0.1, 0.15) is 67.2 Å². The summed E-state index contributed by atoms with van der Waals surface area (Å²) in [5.74, 6) is 1.36. The molecule has 0 aromatic heterocycles. The molecule has 1 heterocycles. The fourth-order valence-corrected chi connectivity index (χ4v) is 3.71. The molecule has 3 unspecified atom stereocenters. The largest absolute Gasteiger partial charge is 0.374 e. The summed E-state index contributed by atoms with van der Waals surface area (Å²) in [6.07, 6.45) is 16.8. The lowest BCUT2D eigenvalue weighted by atomic mass is 9.85. The third-order valence-corrected chi connectivity index (χ3v) is 5.93. The SMILES string of the molecule is C/C=C\C(C)C1CCN(C(O)C(/C=C\CC)=C/CC(C)NC/C(C)=C\C)CC1. The van der Waals surface area contributed by atoms with Gasteiger partial charge < -0.3 is 10.4 Å². The molecular formula is C25H44N2O. The Hall–Kier alpha value is -1.16. The molecule has 0 amide bonds. The number of aliphatic hydroxyl groups excluding tert-OH is 1. The average Bonchev–Trinajstić information content (AvgIpc) is 2.71. The molecule has 1 fully saturated rings. The van der Waals surface area contributed by atoms with Crippen molar-refractivity contribution in [3.63, 3.8) is 0 Å². The van der Waals surface area contributed by atoms with Crippen LogP contribution < -0.4 is 5.32 Å². The van der Waals surface area contributed by atoms with E-state index in [-0.39, 0.29) is 0 Å². The highest BCUT2D eigenvalue weighted by Crippen LogP contribution is 2.28. The number of likely N-dealkylation sites (tertiary alicyclic amines) is 1. The molecule has 0 spiro atoms. The lowest BCUT2D eigenvalue weighted by Gasteiger charge is -2.37. The maximum atomic E-state index is 11.0. The summed E-state index contributed by atoms with van der Waals surface area (Å²) in [7, 11) is 0. The van der Waals surface area contributed by atoms with Crippen LogP contribution >= 0.6 is 0 Å².